The van der Waals surface area contributed by atoms with Crippen molar-refractivity contribution in [1.29, 1.82) is 0 Å². The molecule has 1 N–H and O–H groups in total. The van der Waals surface area contributed by atoms with E-state index in [4.69, 9.17) is 4.74 Å². The lowest BCUT2D eigenvalue weighted by Gasteiger charge is -2.23. The summed E-state index contributed by atoms with van der Waals surface area (Å²) in [5.74, 6) is 0.752. The second-order valence-electron chi connectivity index (χ2n) is 6.89. The van der Waals surface area contributed by atoms with E-state index in [9.17, 15) is 9.90 Å². The van der Waals surface area contributed by atoms with Gasteiger partial charge in [-0.05, 0) is 37.1 Å². The third kappa shape index (κ3) is 6.08. The summed E-state index contributed by atoms with van der Waals surface area (Å²) in [7, 11) is 0. The fourth-order valence-electron chi connectivity index (χ4n) is 3.34. The number of rotatable bonds is 7. The number of carbonyl (C=O) groups is 1. The number of carbonyl (C=O) groups excluding carboxylic acids is 1. The lowest BCUT2D eigenvalue weighted by atomic mass is 10.1. The number of ether oxygens (including phenoxy) is 1. The summed E-state index contributed by atoms with van der Waals surface area (Å²) in [5, 5.41) is 10.3. The fourth-order valence-corrected chi connectivity index (χ4v) is 3.34. The van der Waals surface area contributed by atoms with Crippen LogP contribution in [0.15, 0.2) is 60.7 Å². The van der Waals surface area contributed by atoms with Crippen LogP contribution in [0, 0.1) is 0 Å². The Morgan fingerprint density at radius 2 is 1.67 bits per heavy atom. The molecule has 0 aliphatic carbocycles. The highest BCUT2D eigenvalue weighted by Crippen LogP contribution is 2.17. The van der Waals surface area contributed by atoms with Gasteiger partial charge >= 0.3 is 0 Å². The smallest absolute Gasteiger partial charge is 0.260 e. The van der Waals surface area contributed by atoms with Gasteiger partial charge < -0.3 is 19.6 Å². The third-order valence-corrected chi connectivity index (χ3v) is 4.95. The highest BCUT2D eigenvalue weighted by atomic mass is 16.5. The van der Waals surface area contributed by atoms with Gasteiger partial charge in [0.2, 0.25) is 0 Å². The summed E-state index contributed by atoms with van der Waals surface area (Å²) in [5.41, 5.74) is 0.960. The van der Waals surface area contributed by atoms with Gasteiger partial charge in [0.1, 0.15) is 5.75 Å². The third-order valence-electron chi connectivity index (χ3n) is 4.95. The number of aliphatic hydroxyl groups excluding tert-OH is 1. The monoisotopic (exact) mass is 368 g/mol. The molecule has 1 aliphatic heterocycles. The second kappa shape index (κ2) is 10.1. The van der Waals surface area contributed by atoms with Gasteiger partial charge in [-0.25, -0.2) is 0 Å². The molecule has 0 aromatic heterocycles. The molecule has 2 aromatic rings. The van der Waals surface area contributed by atoms with Crippen molar-refractivity contribution in [1.82, 2.24) is 9.80 Å². The van der Waals surface area contributed by atoms with Crippen molar-refractivity contribution in [2.75, 3.05) is 39.3 Å². The molecule has 2 aromatic carbocycles. The molecule has 144 valence electrons. The van der Waals surface area contributed by atoms with E-state index in [1.165, 1.54) is 0 Å². The topological polar surface area (TPSA) is 53.0 Å². The molecule has 1 atom stereocenters. The molecule has 27 heavy (non-hydrogen) atoms. The van der Waals surface area contributed by atoms with Gasteiger partial charge in [0.15, 0.2) is 6.61 Å². The maximum atomic E-state index is 12.4. The number of hydrogen-bond acceptors (Lipinski definition) is 4. The highest BCUT2D eigenvalue weighted by molar-refractivity contribution is 5.77. The van der Waals surface area contributed by atoms with Crippen molar-refractivity contribution in [2.24, 2.45) is 0 Å². The van der Waals surface area contributed by atoms with Crippen LogP contribution in [0.2, 0.25) is 0 Å². The summed E-state index contributed by atoms with van der Waals surface area (Å²) < 4.78 is 5.58. The lowest BCUT2D eigenvalue weighted by Crippen LogP contribution is -2.38. The van der Waals surface area contributed by atoms with E-state index in [1.807, 2.05) is 65.6 Å². The Balaban J connectivity index is 1.41. The first-order chi connectivity index (χ1) is 13.2. The summed E-state index contributed by atoms with van der Waals surface area (Å²) in [6.45, 7) is 4.16. The molecule has 5 heteroatoms. The molecule has 1 saturated heterocycles. The van der Waals surface area contributed by atoms with E-state index >= 15 is 0 Å². The van der Waals surface area contributed by atoms with Gasteiger partial charge in [0.05, 0.1) is 6.10 Å². The standard InChI is InChI=1S/C22H28N2O3/c25-21(19-8-3-1-4-9-19)12-15-23-13-7-14-24(17-16-23)22(26)18-27-20-10-5-2-6-11-20/h1-6,8-11,21,25H,7,12-18H2/t21-/m0/s1. The highest BCUT2D eigenvalue weighted by Gasteiger charge is 2.20. The Kier molecular flexibility index (Phi) is 7.25. The molecule has 0 saturated carbocycles. The van der Waals surface area contributed by atoms with Crippen LogP contribution in [0.3, 0.4) is 0 Å². The van der Waals surface area contributed by atoms with Crippen molar-refractivity contribution in [3.05, 3.63) is 66.2 Å². The predicted molar refractivity (Wildman–Crippen MR) is 106 cm³/mol. The lowest BCUT2D eigenvalue weighted by molar-refractivity contribution is -0.133. The average Bonchev–Trinajstić information content (AvgIpc) is 2.97. The maximum absolute atomic E-state index is 12.4. The van der Waals surface area contributed by atoms with Gasteiger partial charge in [-0.2, -0.15) is 0 Å². The Labute approximate surface area is 161 Å². The van der Waals surface area contributed by atoms with Crippen LogP contribution >= 0.6 is 0 Å². The zero-order valence-electron chi connectivity index (χ0n) is 15.7. The minimum atomic E-state index is -0.438. The molecule has 0 unspecified atom stereocenters. The molecule has 3 rings (SSSR count). The summed E-state index contributed by atoms with van der Waals surface area (Å²) >= 11 is 0. The Bertz CT molecular complexity index is 693. The van der Waals surface area contributed by atoms with Gasteiger partial charge in [-0.15, -0.1) is 0 Å². The number of para-hydroxylation sites is 1. The van der Waals surface area contributed by atoms with Crippen LogP contribution in [0.25, 0.3) is 0 Å². The molecular weight excluding hydrogens is 340 g/mol. The van der Waals surface area contributed by atoms with Crippen LogP contribution in [-0.4, -0.2) is 60.1 Å². The first-order valence-electron chi connectivity index (χ1n) is 9.63. The largest absolute Gasteiger partial charge is 0.484 e. The number of aliphatic hydroxyl groups is 1. The Morgan fingerprint density at radius 1 is 0.963 bits per heavy atom. The number of hydrogen-bond donors (Lipinski definition) is 1. The second-order valence-corrected chi connectivity index (χ2v) is 6.89. The van der Waals surface area contributed by atoms with Crippen LogP contribution in [0.4, 0.5) is 0 Å². The minimum Gasteiger partial charge on any atom is -0.484 e. The van der Waals surface area contributed by atoms with E-state index in [1.54, 1.807) is 0 Å². The molecule has 0 radical (unpaired) electrons. The van der Waals surface area contributed by atoms with E-state index < -0.39 is 6.10 Å². The van der Waals surface area contributed by atoms with Crippen molar-refractivity contribution < 1.29 is 14.6 Å². The predicted octanol–water partition coefficient (Wildman–Crippen LogP) is 2.72. The van der Waals surface area contributed by atoms with E-state index in [-0.39, 0.29) is 12.5 Å². The fraction of sp³-hybridized carbons (Fsp3) is 0.409. The SMILES string of the molecule is O=C(COc1ccccc1)N1CCCN(CC[C@H](O)c2ccccc2)CC1. The van der Waals surface area contributed by atoms with Gasteiger partial charge in [0.25, 0.3) is 5.91 Å². The molecule has 0 bridgehead atoms. The summed E-state index contributed by atoms with van der Waals surface area (Å²) in [4.78, 5) is 16.6. The summed E-state index contributed by atoms with van der Waals surface area (Å²) in [6, 6.07) is 19.2. The van der Waals surface area contributed by atoms with Crippen molar-refractivity contribution in [3.8, 4) is 5.75 Å². The zero-order valence-corrected chi connectivity index (χ0v) is 15.7. The average molecular weight is 368 g/mol. The molecule has 0 spiro atoms. The van der Waals surface area contributed by atoms with Crippen molar-refractivity contribution in [3.63, 3.8) is 0 Å². The van der Waals surface area contributed by atoms with Gasteiger partial charge in [0, 0.05) is 26.2 Å². The number of nitrogens with zero attached hydrogens (tertiary/aromatic N) is 2. The molecule has 1 amide bonds. The number of amides is 1. The molecule has 1 heterocycles. The first-order valence-corrected chi connectivity index (χ1v) is 9.63. The summed E-state index contributed by atoms with van der Waals surface area (Å²) in [6.07, 6.45) is 1.21. The van der Waals surface area contributed by atoms with Crippen LogP contribution < -0.4 is 4.74 Å². The maximum Gasteiger partial charge on any atom is 0.260 e. The molecule has 1 aliphatic rings. The minimum absolute atomic E-state index is 0.0324. The Hall–Kier alpha value is -2.37. The van der Waals surface area contributed by atoms with Crippen LogP contribution in [-0.2, 0) is 4.79 Å². The Morgan fingerprint density at radius 3 is 2.41 bits per heavy atom. The quantitative estimate of drug-likeness (QED) is 0.816. The van der Waals surface area contributed by atoms with Crippen molar-refractivity contribution >= 4 is 5.91 Å². The van der Waals surface area contributed by atoms with Gasteiger partial charge in [-0.3, -0.25) is 4.79 Å². The molecule has 5 nitrogen and oxygen atoms in total. The zero-order chi connectivity index (χ0) is 18.9. The molecular formula is C22H28N2O3. The van der Waals surface area contributed by atoms with E-state index in [0.717, 1.165) is 43.9 Å². The van der Waals surface area contributed by atoms with Crippen LogP contribution in [0.1, 0.15) is 24.5 Å². The van der Waals surface area contributed by atoms with Crippen molar-refractivity contribution in [2.45, 2.75) is 18.9 Å². The normalized spacial score (nSPS) is 16.6. The van der Waals surface area contributed by atoms with Gasteiger partial charge in [-0.1, -0.05) is 48.5 Å². The van der Waals surface area contributed by atoms with E-state index in [2.05, 4.69) is 4.90 Å². The number of benzene rings is 2. The van der Waals surface area contributed by atoms with Crippen LogP contribution in [0.5, 0.6) is 5.75 Å². The van der Waals surface area contributed by atoms with E-state index in [0.29, 0.717) is 13.0 Å². The molecule has 1 fully saturated rings. The first kappa shape index (κ1) is 19.4.